The fourth-order valence-electron chi connectivity index (χ4n) is 2.43. The topological polar surface area (TPSA) is 49.8 Å². The summed E-state index contributed by atoms with van der Waals surface area (Å²) < 4.78 is 5.32. The Bertz CT molecular complexity index is 421. The van der Waals surface area contributed by atoms with Crippen LogP contribution in [0.25, 0.3) is 0 Å². The van der Waals surface area contributed by atoms with Gasteiger partial charge in [-0.3, -0.25) is 0 Å². The lowest BCUT2D eigenvalue weighted by Gasteiger charge is -2.30. The van der Waals surface area contributed by atoms with Crippen LogP contribution in [0.1, 0.15) is 31.7 Å². The maximum Gasteiger partial charge on any atom is 0.410 e. The fraction of sp³-hybridized carbons (Fsp3) is 0.562. The summed E-state index contributed by atoms with van der Waals surface area (Å²) in [7, 11) is 0. The van der Waals surface area contributed by atoms with Gasteiger partial charge in [-0.2, -0.15) is 0 Å². The summed E-state index contributed by atoms with van der Waals surface area (Å²) in [6.45, 7) is 3.34. The molecular formula is C16H23NO3. The van der Waals surface area contributed by atoms with Crippen molar-refractivity contribution in [3.8, 4) is 0 Å². The van der Waals surface area contributed by atoms with Crippen molar-refractivity contribution in [2.24, 2.45) is 5.92 Å². The van der Waals surface area contributed by atoms with Crippen LogP contribution < -0.4 is 0 Å². The molecule has 0 saturated carbocycles. The Morgan fingerprint density at radius 3 is 2.85 bits per heavy atom. The van der Waals surface area contributed by atoms with Gasteiger partial charge in [-0.05, 0) is 24.3 Å². The Kier molecular flexibility index (Phi) is 5.41. The molecule has 1 aromatic rings. The van der Waals surface area contributed by atoms with Crippen molar-refractivity contribution in [3.05, 3.63) is 35.9 Å². The zero-order valence-corrected chi connectivity index (χ0v) is 12.0. The molecule has 1 aliphatic heterocycles. The standard InChI is InChI=1S/C16H23NO3/c1-13-7-5-6-10-17(11-15(13)18)16(19)20-12-14-8-3-2-4-9-14/h2-4,8-9,13,15,18H,5-7,10-12H2,1H3. The Balaban J connectivity index is 1.87. The number of amides is 1. The van der Waals surface area contributed by atoms with E-state index in [0.29, 0.717) is 13.1 Å². The summed E-state index contributed by atoms with van der Waals surface area (Å²) in [4.78, 5) is 13.7. The highest BCUT2D eigenvalue weighted by molar-refractivity contribution is 5.67. The average Bonchev–Trinajstić information content (AvgIpc) is 2.46. The highest BCUT2D eigenvalue weighted by Gasteiger charge is 2.24. The first kappa shape index (κ1) is 14.9. The van der Waals surface area contributed by atoms with Crippen LogP contribution in [0.4, 0.5) is 4.79 Å². The molecule has 1 saturated heterocycles. The van der Waals surface area contributed by atoms with Crippen LogP contribution in [0.15, 0.2) is 30.3 Å². The molecule has 1 N–H and O–H groups in total. The van der Waals surface area contributed by atoms with Crippen molar-refractivity contribution in [3.63, 3.8) is 0 Å². The zero-order valence-electron chi connectivity index (χ0n) is 12.0. The summed E-state index contributed by atoms with van der Waals surface area (Å²) >= 11 is 0. The van der Waals surface area contributed by atoms with E-state index in [9.17, 15) is 9.90 Å². The molecule has 1 fully saturated rings. The molecule has 1 amide bonds. The van der Waals surface area contributed by atoms with E-state index in [4.69, 9.17) is 4.74 Å². The van der Waals surface area contributed by atoms with Gasteiger partial charge in [0, 0.05) is 6.54 Å². The number of β-amino-alcohol motifs (C(OH)–C–C–N with tert-alkyl or cyclic N) is 1. The van der Waals surface area contributed by atoms with Gasteiger partial charge in [-0.1, -0.05) is 43.7 Å². The van der Waals surface area contributed by atoms with E-state index in [1.54, 1.807) is 4.90 Å². The molecule has 1 aliphatic rings. The molecule has 2 rings (SSSR count). The lowest BCUT2D eigenvalue weighted by molar-refractivity contribution is 0.0391. The molecule has 0 bridgehead atoms. The van der Waals surface area contributed by atoms with Crippen molar-refractivity contribution >= 4 is 6.09 Å². The molecule has 2 unspecified atom stereocenters. The van der Waals surface area contributed by atoms with E-state index in [-0.39, 0.29) is 18.6 Å². The third kappa shape index (κ3) is 4.23. The van der Waals surface area contributed by atoms with Crippen LogP contribution in [0.3, 0.4) is 0 Å². The van der Waals surface area contributed by atoms with Crippen LogP contribution in [-0.2, 0) is 11.3 Å². The highest BCUT2D eigenvalue weighted by atomic mass is 16.6. The highest BCUT2D eigenvalue weighted by Crippen LogP contribution is 2.18. The van der Waals surface area contributed by atoms with Crippen LogP contribution in [0.2, 0.25) is 0 Å². The lowest BCUT2D eigenvalue weighted by atomic mass is 9.95. The second-order valence-electron chi connectivity index (χ2n) is 5.53. The number of rotatable bonds is 2. The van der Waals surface area contributed by atoms with Gasteiger partial charge in [0.05, 0.1) is 12.6 Å². The normalized spacial score (nSPS) is 23.8. The maximum absolute atomic E-state index is 12.1. The number of aliphatic hydroxyl groups is 1. The molecule has 0 spiro atoms. The number of likely N-dealkylation sites (tertiary alicyclic amines) is 1. The summed E-state index contributed by atoms with van der Waals surface area (Å²) in [6, 6.07) is 9.63. The molecular weight excluding hydrogens is 254 g/mol. The molecule has 4 heteroatoms. The number of hydrogen-bond donors (Lipinski definition) is 1. The number of aliphatic hydroxyl groups excluding tert-OH is 1. The fourth-order valence-corrected chi connectivity index (χ4v) is 2.43. The van der Waals surface area contributed by atoms with Crippen molar-refractivity contribution in [1.29, 1.82) is 0 Å². The second-order valence-corrected chi connectivity index (χ2v) is 5.53. The minimum Gasteiger partial charge on any atom is -0.445 e. The van der Waals surface area contributed by atoms with E-state index in [1.165, 1.54) is 0 Å². The van der Waals surface area contributed by atoms with Gasteiger partial charge in [0.1, 0.15) is 6.61 Å². The van der Waals surface area contributed by atoms with Crippen LogP contribution in [-0.4, -0.2) is 35.3 Å². The first-order chi connectivity index (χ1) is 9.66. The van der Waals surface area contributed by atoms with Gasteiger partial charge in [0.2, 0.25) is 0 Å². The minimum atomic E-state index is -0.459. The van der Waals surface area contributed by atoms with E-state index in [2.05, 4.69) is 0 Å². The van der Waals surface area contributed by atoms with E-state index in [1.807, 2.05) is 37.3 Å². The van der Waals surface area contributed by atoms with Gasteiger partial charge in [-0.25, -0.2) is 4.79 Å². The van der Waals surface area contributed by atoms with Crippen molar-refractivity contribution in [1.82, 2.24) is 4.90 Å². The number of carbonyl (C=O) groups is 1. The molecule has 110 valence electrons. The molecule has 1 heterocycles. The Morgan fingerprint density at radius 1 is 1.35 bits per heavy atom. The van der Waals surface area contributed by atoms with Crippen LogP contribution in [0, 0.1) is 5.92 Å². The molecule has 2 atom stereocenters. The predicted octanol–water partition coefficient (Wildman–Crippen LogP) is 2.81. The van der Waals surface area contributed by atoms with Crippen molar-refractivity contribution < 1.29 is 14.6 Å². The van der Waals surface area contributed by atoms with Gasteiger partial charge < -0.3 is 14.7 Å². The van der Waals surface area contributed by atoms with Crippen molar-refractivity contribution in [2.45, 2.75) is 38.9 Å². The van der Waals surface area contributed by atoms with Gasteiger partial charge in [-0.15, -0.1) is 0 Å². The van der Waals surface area contributed by atoms with Crippen molar-refractivity contribution in [2.75, 3.05) is 13.1 Å². The molecule has 20 heavy (non-hydrogen) atoms. The summed E-state index contributed by atoms with van der Waals surface area (Å²) in [5.74, 6) is 0.236. The van der Waals surface area contributed by atoms with Gasteiger partial charge in [0.25, 0.3) is 0 Å². The average molecular weight is 277 g/mol. The number of ether oxygens (including phenoxy) is 1. The van der Waals surface area contributed by atoms with Crippen LogP contribution in [0.5, 0.6) is 0 Å². The van der Waals surface area contributed by atoms with Crippen LogP contribution >= 0.6 is 0 Å². The predicted molar refractivity (Wildman–Crippen MR) is 77.2 cm³/mol. The van der Waals surface area contributed by atoms with Gasteiger partial charge >= 0.3 is 6.09 Å². The monoisotopic (exact) mass is 277 g/mol. The Hall–Kier alpha value is -1.55. The second kappa shape index (κ2) is 7.29. The maximum atomic E-state index is 12.1. The number of hydrogen-bond acceptors (Lipinski definition) is 3. The lowest BCUT2D eigenvalue weighted by Crippen LogP contribution is -2.42. The SMILES string of the molecule is CC1CCCCN(C(=O)OCc2ccccc2)CC1O. The smallest absolute Gasteiger partial charge is 0.410 e. The Labute approximate surface area is 120 Å². The Morgan fingerprint density at radius 2 is 2.10 bits per heavy atom. The molecule has 0 radical (unpaired) electrons. The van der Waals surface area contributed by atoms with Gasteiger partial charge in [0.15, 0.2) is 0 Å². The summed E-state index contributed by atoms with van der Waals surface area (Å²) in [5.41, 5.74) is 0.974. The first-order valence-corrected chi connectivity index (χ1v) is 7.30. The van der Waals surface area contributed by atoms with E-state index < -0.39 is 6.10 Å². The molecule has 0 aliphatic carbocycles. The third-order valence-electron chi connectivity index (χ3n) is 3.87. The van der Waals surface area contributed by atoms with E-state index >= 15 is 0 Å². The zero-order chi connectivity index (χ0) is 14.4. The quantitative estimate of drug-likeness (QED) is 0.904. The third-order valence-corrected chi connectivity index (χ3v) is 3.87. The molecule has 1 aromatic carbocycles. The summed E-state index contributed by atoms with van der Waals surface area (Å²) in [5, 5.41) is 10.0. The first-order valence-electron chi connectivity index (χ1n) is 7.30. The number of carbonyl (C=O) groups excluding carboxylic acids is 1. The largest absolute Gasteiger partial charge is 0.445 e. The number of nitrogens with zero attached hydrogens (tertiary/aromatic N) is 1. The molecule has 0 aromatic heterocycles. The minimum absolute atomic E-state index is 0.236. The van der Waals surface area contributed by atoms with E-state index in [0.717, 1.165) is 24.8 Å². The number of benzene rings is 1. The molecule has 4 nitrogen and oxygen atoms in total. The summed E-state index contributed by atoms with van der Waals surface area (Å²) in [6.07, 6.45) is 2.24.